The zero-order valence-corrected chi connectivity index (χ0v) is 13.5. The molecule has 1 aromatic rings. The zero-order chi connectivity index (χ0) is 15.2. The van der Waals surface area contributed by atoms with E-state index >= 15 is 0 Å². The highest BCUT2D eigenvalue weighted by Crippen LogP contribution is 2.32. The van der Waals surface area contributed by atoms with E-state index in [1.807, 2.05) is 12.1 Å². The van der Waals surface area contributed by atoms with Crippen molar-refractivity contribution >= 4 is 0 Å². The Kier molecular flexibility index (Phi) is 6.34. The molecule has 1 unspecified atom stereocenters. The number of ether oxygens (including phenoxy) is 2. The molecule has 0 aromatic heterocycles. The second-order valence-electron chi connectivity index (χ2n) is 6.48. The van der Waals surface area contributed by atoms with E-state index in [1.54, 1.807) is 7.11 Å². The number of para-hydroxylation sites is 1. The topological polar surface area (TPSA) is 44.5 Å². The highest BCUT2D eigenvalue weighted by Gasteiger charge is 2.15. The summed E-state index contributed by atoms with van der Waals surface area (Å²) in [5.41, 5.74) is 7.46. The Hall–Kier alpha value is -1.22. The van der Waals surface area contributed by atoms with Gasteiger partial charge in [0.15, 0.2) is 11.5 Å². The fourth-order valence-electron chi connectivity index (χ4n) is 1.93. The number of nitrogens with two attached hydrogens (primary N) is 1. The van der Waals surface area contributed by atoms with Crippen LogP contribution in [0, 0.1) is 5.41 Å². The van der Waals surface area contributed by atoms with E-state index in [0.717, 1.165) is 36.3 Å². The van der Waals surface area contributed by atoms with Gasteiger partial charge in [0.05, 0.1) is 13.7 Å². The molecule has 2 N–H and O–H groups in total. The molecule has 0 aliphatic heterocycles. The summed E-state index contributed by atoms with van der Waals surface area (Å²) in [6.45, 7) is 9.44. The van der Waals surface area contributed by atoms with Gasteiger partial charge in [-0.1, -0.05) is 39.8 Å². The minimum Gasteiger partial charge on any atom is -0.493 e. The largest absolute Gasteiger partial charge is 0.493 e. The van der Waals surface area contributed by atoms with Crippen molar-refractivity contribution in [3.63, 3.8) is 0 Å². The first-order valence-corrected chi connectivity index (χ1v) is 7.41. The predicted octanol–water partition coefficient (Wildman–Crippen LogP) is 3.79. The lowest BCUT2D eigenvalue weighted by molar-refractivity contribution is 0.232. The molecule has 1 rings (SSSR count). The first-order chi connectivity index (χ1) is 9.37. The first kappa shape index (κ1) is 16.8. The monoisotopic (exact) mass is 279 g/mol. The molecule has 0 bridgehead atoms. The molecule has 0 fully saturated rings. The van der Waals surface area contributed by atoms with Crippen molar-refractivity contribution in [3.05, 3.63) is 23.8 Å². The zero-order valence-electron chi connectivity index (χ0n) is 13.5. The van der Waals surface area contributed by atoms with Gasteiger partial charge in [-0.2, -0.15) is 0 Å². The third kappa shape index (κ3) is 5.41. The summed E-state index contributed by atoms with van der Waals surface area (Å²) in [6, 6.07) is 6.16. The summed E-state index contributed by atoms with van der Waals surface area (Å²) in [7, 11) is 1.68. The molecule has 0 aliphatic rings. The summed E-state index contributed by atoms with van der Waals surface area (Å²) in [4.78, 5) is 0. The van der Waals surface area contributed by atoms with Crippen LogP contribution in [0.3, 0.4) is 0 Å². The SMILES string of the molecule is CCC(N)Cc1cccc(OC)c1OCCC(C)(C)C. The number of rotatable bonds is 7. The summed E-state index contributed by atoms with van der Waals surface area (Å²) in [5, 5.41) is 0. The number of hydrogen-bond donors (Lipinski definition) is 1. The van der Waals surface area contributed by atoms with Crippen molar-refractivity contribution in [3.8, 4) is 11.5 Å². The second kappa shape index (κ2) is 7.53. The summed E-state index contributed by atoms with van der Waals surface area (Å²) >= 11 is 0. The van der Waals surface area contributed by atoms with Gasteiger partial charge in [-0.3, -0.25) is 0 Å². The molecular weight excluding hydrogens is 250 g/mol. The number of hydrogen-bond acceptors (Lipinski definition) is 3. The van der Waals surface area contributed by atoms with Gasteiger partial charge in [0.1, 0.15) is 0 Å². The van der Waals surface area contributed by atoms with Crippen molar-refractivity contribution in [1.82, 2.24) is 0 Å². The highest BCUT2D eigenvalue weighted by atomic mass is 16.5. The van der Waals surface area contributed by atoms with E-state index in [2.05, 4.69) is 33.8 Å². The van der Waals surface area contributed by atoms with E-state index in [0.29, 0.717) is 6.61 Å². The van der Waals surface area contributed by atoms with E-state index in [-0.39, 0.29) is 11.5 Å². The van der Waals surface area contributed by atoms with Crippen molar-refractivity contribution in [2.75, 3.05) is 13.7 Å². The van der Waals surface area contributed by atoms with Gasteiger partial charge < -0.3 is 15.2 Å². The molecule has 0 heterocycles. The summed E-state index contributed by atoms with van der Waals surface area (Å²) < 4.78 is 11.4. The maximum atomic E-state index is 6.07. The quantitative estimate of drug-likeness (QED) is 0.826. The molecule has 1 atom stereocenters. The summed E-state index contributed by atoms with van der Waals surface area (Å²) in [6.07, 6.45) is 2.78. The van der Waals surface area contributed by atoms with Crippen LogP contribution < -0.4 is 15.2 Å². The third-order valence-electron chi connectivity index (χ3n) is 3.39. The van der Waals surface area contributed by atoms with Crippen molar-refractivity contribution in [2.24, 2.45) is 11.1 Å². The molecule has 0 saturated carbocycles. The number of methoxy groups -OCH3 is 1. The molecule has 3 heteroatoms. The Morgan fingerprint density at radius 2 is 1.95 bits per heavy atom. The minimum absolute atomic E-state index is 0.159. The average molecular weight is 279 g/mol. The molecule has 114 valence electrons. The molecule has 0 spiro atoms. The maximum absolute atomic E-state index is 6.07. The van der Waals surface area contributed by atoms with Crippen LogP contribution in [-0.4, -0.2) is 19.8 Å². The lowest BCUT2D eigenvalue weighted by Crippen LogP contribution is -2.22. The van der Waals surface area contributed by atoms with E-state index in [9.17, 15) is 0 Å². The fraction of sp³-hybridized carbons (Fsp3) is 0.647. The molecule has 1 aromatic carbocycles. The van der Waals surface area contributed by atoms with Crippen LogP contribution in [0.5, 0.6) is 11.5 Å². The fourth-order valence-corrected chi connectivity index (χ4v) is 1.93. The van der Waals surface area contributed by atoms with Crippen LogP contribution in [0.15, 0.2) is 18.2 Å². The van der Waals surface area contributed by atoms with Gasteiger partial charge in [0.25, 0.3) is 0 Å². The maximum Gasteiger partial charge on any atom is 0.164 e. The predicted molar refractivity (Wildman–Crippen MR) is 84.5 cm³/mol. The molecule has 0 amide bonds. The van der Waals surface area contributed by atoms with Crippen LogP contribution in [0.2, 0.25) is 0 Å². The second-order valence-corrected chi connectivity index (χ2v) is 6.48. The third-order valence-corrected chi connectivity index (χ3v) is 3.39. The van der Waals surface area contributed by atoms with Crippen LogP contribution in [0.1, 0.15) is 46.1 Å². The average Bonchev–Trinajstić information content (AvgIpc) is 2.38. The molecular formula is C17H29NO2. The van der Waals surface area contributed by atoms with Gasteiger partial charge in [0, 0.05) is 6.04 Å². The van der Waals surface area contributed by atoms with E-state index < -0.39 is 0 Å². The molecule has 0 radical (unpaired) electrons. The lowest BCUT2D eigenvalue weighted by atomic mass is 9.93. The van der Waals surface area contributed by atoms with Crippen LogP contribution in [0.25, 0.3) is 0 Å². The molecule has 0 saturated heterocycles. The van der Waals surface area contributed by atoms with Crippen molar-refractivity contribution < 1.29 is 9.47 Å². The Morgan fingerprint density at radius 3 is 2.50 bits per heavy atom. The van der Waals surface area contributed by atoms with Gasteiger partial charge >= 0.3 is 0 Å². The van der Waals surface area contributed by atoms with E-state index in [1.165, 1.54) is 0 Å². The smallest absolute Gasteiger partial charge is 0.164 e. The number of benzene rings is 1. The molecule has 20 heavy (non-hydrogen) atoms. The van der Waals surface area contributed by atoms with Gasteiger partial charge in [-0.15, -0.1) is 0 Å². The molecule has 0 aliphatic carbocycles. The normalized spacial score (nSPS) is 13.1. The standard InChI is InChI=1S/C17H29NO2/c1-6-14(18)12-13-8-7-9-15(19-5)16(13)20-11-10-17(2,3)4/h7-9,14H,6,10-12,18H2,1-5H3. The summed E-state index contributed by atoms with van der Waals surface area (Å²) in [5.74, 6) is 1.64. The van der Waals surface area contributed by atoms with Gasteiger partial charge in [0.2, 0.25) is 0 Å². The van der Waals surface area contributed by atoms with Gasteiger partial charge in [-0.05, 0) is 36.3 Å². The van der Waals surface area contributed by atoms with Crippen molar-refractivity contribution in [1.29, 1.82) is 0 Å². The highest BCUT2D eigenvalue weighted by molar-refractivity contribution is 5.47. The van der Waals surface area contributed by atoms with E-state index in [4.69, 9.17) is 15.2 Å². The van der Waals surface area contributed by atoms with Crippen LogP contribution in [-0.2, 0) is 6.42 Å². The Balaban J connectivity index is 2.84. The first-order valence-electron chi connectivity index (χ1n) is 7.41. The minimum atomic E-state index is 0.159. The van der Waals surface area contributed by atoms with Crippen LogP contribution >= 0.6 is 0 Å². The Labute approximate surface area is 123 Å². The van der Waals surface area contributed by atoms with Crippen molar-refractivity contribution in [2.45, 2.75) is 53.0 Å². The van der Waals surface area contributed by atoms with Gasteiger partial charge in [-0.25, -0.2) is 0 Å². The lowest BCUT2D eigenvalue weighted by Gasteiger charge is -2.21. The Bertz CT molecular complexity index is 410. The molecule has 3 nitrogen and oxygen atoms in total. The Morgan fingerprint density at radius 1 is 1.25 bits per heavy atom. The van der Waals surface area contributed by atoms with Crippen LogP contribution in [0.4, 0.5) is 0 Å².